The van der Waals surface area contributed by atoms with Crippen LogP contribution in [0, 0.1) is 0 Å². The monoisotopic (exact) mass is 247 g/mol. The summed E-state index contributed by atoms with van der Waals surface area (Å²) in [6.07, 6.45) is -1.51. The molecule has 0 aliphatic heterocycles. The van der Waals surface area contributed by atoms with Crippen molar-refractivity contribution in [3.05, 3.63) is 23.9 Å². The molecule has 0 fully saturated rings. The van der Waals surface area contributed by atoms with E-state index in [-0.39, 0.29) is 18.4 Å². The zero-order valence-electron chi connectivity index (χ0n) is 9.59. The van der Waals surface area contributed by atoms with E-state index < -0.39 is 11.7 Å². The first kappa shape index (κ1) is 13.8. The Kier molecular flexibility index (Phi) is 4.74. The first-order valence-electron chi connectivity index (χ1n) is 5.47. The van der Waals surface area contributed by atoms with Crippen LogP contribution in [0.4, 0.5) is 19.0 Å². The van der Waals surface area contributed by atoms with Gasteiger partial charge in [-0.3, -0.25) is 0 Å². The number of aromatic nitrogens is 1. The Morgan fingerprint density at radius 3 is 2.71 bits per heavy atom. The van der Waals surface area contributed by atoms with Gasteiger partial charge in [0.15, 0.2) is 0 Å². The van der Waals surface area contributed by atoms with E-state index in [4.69, 9.17) is 5.73 Å². The van der Waals surface area contributed by atoms with Gasteiger partial charge in [0.25, 0.3) is 0 Å². The van der Waals surface area contributed by atoms with Crippen LogP contribution in [0.25, 0.3) is 0 Å². The fourth-order valence-electron chi connectivity index (χ4n) is 1.54. The third-order valence-electron chi connectivity index (χ3n) is 2.38. The van der Waals surface area contributed by atoms with Crippen molar-refractivity contribution in [2.75, 3.05) is 11.9 Å². The molecule has 0 saturated heterocycles. The highest BCUT2D eigenvalue weighted by Gasteiger charge is 2.34. The molecule has 1 rings (SSSR count). The van der Waals surface area contributed by atoms with Gasteiger partial charge in [0.1, 0.15) is 5.82 Å². The molecule has 96 valence electrons. The van der Waals surface area contributed by atoms with E-state index in [2.05, 4.69) is 10.3 Å². The Bertz CT molecular complexity index is 352. The first-order chi connectivity index (χ1) is 7.99. The van der Waals surface area contributed by atoms with Crippen LogP contribution in [-0.4, -0.2) is 17.6 Å². The molecular weight excluding hydrogens is 231 g/mol. The molecule has 0 bridgehead atoms. The van der Waals surface area contributed by atoms with E-state index in [9.17, 15) is 13.2 Å². The number of hydrogen-bond acceptors (Lipinski definition) is 3. The molecule has 1 unspecified atom stereocenters. The molecule has 0 aromatic carbocycles. The molecule has 0 amide bonds. The molecule has 1 aromatic heterocycles. The van der Waals surface area contributed by atoms with Crippen LogP contribution in [-0.2, 0) is 6.18 Å². The molecule has 1 heterocycles. The Morgan fingerprint density at radius 1 is 1.47 bits per heavy atom. The second-order valence-corrected chi connectivity index (χ2v) is 3.76. The zero-order valence-corrected chi connectivity index (χ0v) is 9.59. The maximum absolute atomic E-state index is 12.7. The summed E-state index contributed by atoms with van der Waals surface area (Å²) < 4.78 is 38.0. The summed E-state index contributed by atoms with van der Waals surface area (Å²) in [6, 6.07) is 2.09. The van der Waals surface area contributed by atoms with Crippen molar-refractivity contribution in [2.45, 2.75) is 32.0 Å². The van der Waals surface area contributed by atoms with E-state index in [1.807, 2.05) is 6.92 Å². The number of halogens is 3. The molecule has 1 atom stereocenters. The molecule has 0 radical (unpaired) electrons. The summed E-state index contributed by atoms with van der Waals surface area (Å²) in [5.41, 5.74) is 4.74. The standard InChI is InChI=1S/C11H16F3N3/c1-2-4-8(7-15)17-10-9(11(12,13)14)5-3-6-16-10/h3,5-6,8H,2,4,7,15H2,1H3,(H,16,17). The van der Waals surface area contributed by atoms with Crippen LogP contribution >= 0.6 is 0 Å². The second kappa shape index (κ2) is 5.86. The van der Waals surface area contributed by atoms with Gasteiger partial charge in [-0.2, -0.15) is 13.2 Å². The van der Waals surface area contributed by atoms with Crippen LogP contribution in [0.15, 0.2) is 18.3 Å². The van der Waals surface area contributed by atoms with Crippen LogP contribution in [0.2, 0.25) is 0 Å². The van der Waals surface area contributed by atoms with Gasteiger partial charge in [0.2, 0.25) is 0 Å². The van der Waals surface area contributed by atoms with E-state index in [1.165, 1.54) is 12.3 Å². The first-order valence-corrected chi connectivity index (χ1v) is 5.47. The summed E-state index contributed by atoms with van der Waals surface area (Å²) in [7, 11) is 0. The summed E-state index contributed by atoms with van der Waals surface area (Å²) in [5.74, 6) is -0.149. The van der Waals surface area contributed by atoms with Crippen LogP contribution in [0.5, 0.6) is 0 Å². The summed E-state index contributed by atoms with van der Waals surface area (Å²) in [5, 5.41) is 2.75. The molecule has 3 nitrogen and oxygen atoms in total. The van der Waals surface area contributed by atoms with Gasteiger partial charge in [-0.1, -0.05) is 13.3 Å². The van der Waals surface area contributed by atoms with Crippen molar-refractivity contribution < 1.29 is 13.2 Å². The number of rotatable bonds is 5. The van der Waals surface area contributed by atoms with Gasteiger partial charge >= 0.3 is 6.18 Å². The summed E-state index contributed by atoms with van der Waals surface area (Å²) in [4.78, 5) is 3.73. The second-order valence-electron chi connectivity index (χ2n) is 3.76. The third-order valence-corrected chi connectivity index (χ3v) is 2.38. The molecule has 6 heteroatoms. The lowest BCUT2D eigenvalue weighted by atomic mass is 10.1. The van der Waals surface area contributed by atoms with Gasteiger partial charge in [0.05, 0.1) is 5.56 Å². The summed E-state index contributed by atoms with van der Waals surface area (Å²) >= 11 is 0. The molecule has 0 saturated carbocycles. The van der Waals surface area contributed by atoms with Crippen LogP contribution < -0.4 is 11.1 Å². The van der Waals surface area contributed by atoms with Gasteiger partial charge in [0, 0.05) is 18.8 Å². The van der Waals surface area contributed by atoms with Crippen molar-refractivity contribution in [2.24, 2.45) is 5.73 Å². The Morgan fingerprint density at radius 2 is 2.18 bits per heavy atom. The molecule has 3 N–H and O–H groups in total. The minimum absolute atomic E-state index is 0.149. The molecule has 17 heavy (non-hydrogen) atoms. The normalized spacial score (nSPS) is 13.5. The fraction of sp³-hybridized carbons (Fsp3) is 0.545. The third kappa shape index (κ3) is 3.89. The quantitative estimate of drug-likeness (QED) is 0.841. The van der Waals surface area contributed by atoms with Crippen LogP contribution in [0.1, 0.15) is 25.3 Å². The Labute approximate surface area is 98.2 Å². The van der Waals surface area contributed by atoms with E-state index in [1.54, 1.807) is 0 Å². The number of nitrogens with two attached hydrogens (primary N) is 1. The fourth-order valence-corrected chi connectivity index (χ4v) is 1.54. The lowest BCUT2D eigenvalue weighted by molar-refractivity contribution is -0.137. The number of hydrogen-bond donors (Lipinski definition) is 2. The van der Waals surface area contributed by atoms with Gasteiger partial charge < -0.3 is 11.1 Å². The molecule has 0 aliphatic carbocycles. The van der Waals surface area contributed by atoms with Crippen molar-refractivity contribution in [1.29, 1.82) is 0 Å². The van der Waals surface area contributed by atoms with E-state index in [0.29, 0.717) is 6.42 Å². The zero-order chi connectivity index (χ0) is 12.9. The van der Waals surface area contributed by atoms with Crippen molar-refractivity contribution in [3.8, 4) is 0 Å². The molecule has 1 aromatic rings. The Balaban J connectivity index is 2.90. The van der Waals surface area contributed by atoms with Crippen molar-refractivity contribution in [1.82, 2.24) is 4.98 Å². The number of alkyl halides is 3. The van der Waals surface area contributed by atoms with Crippen molar-refractivity contribution in [3.63, 3.8) is 0 Å². The minimum atomic E-state index is -4.40. The maximum atomic E-state index is 12.7. The molecule has 0 aliphatic rings. The molecular formula is C11H16F3N3. The SMILES string of the molecule is CCCC(CN)Nc1ncccc1C(F)(F)F. The Hall–Kier alpha value is -1.30. The van der Waals surface area contributed by atoms with Gasteiger partial charge in [-0.15, -0.1) is 0 Å². The highest BCUT2D eigenvalue weighted by Crippen LogP contribution is 2.33. The number of pyridine rings is 1. The number of anilines is 1. The van der Waals surface area contributed by atoms with E-state index in [0.717, 1.165) is 12.5 Å². The number of nitrogens with one attached hydrogen (secondary N) is 1. The number of nitrogens with zero attached hydrogens (tertiary/aromatic N) is 1. The highest BCUT2D eigenvalue weighted by molar-refractivity contribution is 5.46. The van der Waals surface area contributed by atoms with E-state index >= 15 is 0 Å². The lowest BCUT2D eigenvalue weighted by Crippen LogP contribution is -2.30. The average molecular weight is 247 g/mol. The highest BCUT2D eigenvalue weighted by atomic mass is 19.4. The van der Waals surface area contributed by atoms with Gasteiger partial charge in [-0.25, -0.2) is 4.98 Å². The maximum Gasteiger partial charge on any atom is 0.419 e. The van der Waals surface area contributed by atoms with Crippen molar-refractivity contribution >= 4 is 5.82 Å². The predicted molar refractivity (Wildman–Crippen MR) is 60.6 cm³/mol. The topological polar surface area (TPSA) is 50.9 Å². The van der Waals surface area contributed by atoms with Gasteiger partial charge in [-0.05, 0) is 18.6 Å². The smallest absolute Gasteiger partial charge is 0.366 e. The largest absolute Gasteiger partial charge is 0.419 e. The lowest BCUT2D eigenvalue weighted by Gasteiger charge is -2.19. The molecule has 0 spiro atoms. The predicted octanol–water partition coefficient (Wildman–Crippen LogP) is 2.64. The van der Waals surface area contributed by atoms with Crippen LogP contribution in [0.3, 0.4) is 0 Å². The minimum Gasteiger partial charge on any atom is -0.366 e. The summed E-state index contributed by atoms with van der Waals surface area (Å²) in [6.45, 7) is 2.23. The average Bonchev–Trinajstić information content (AvgIpc) is 2.27.